The van der Waals surface area contributed by atoms with Gasteiger partial charge in [0.25, 0.3) is 5.91 Å². The third-order valence-electron chi connectivity index (χ3n) is 6.49. The van der Waals surface area contributed by atoms with Crippen LogP contribution in [0.2, 0.25) is 5.02 Å². The molecule has 2 N–H and O–H groups in total. The van der Waals surface area contributed by atoms with Crippen LogP contribution in [0, 0.1) is 0 Å². The highest BCUT2D eigenvalue weighted by Gasteiger charge is 2.45. The first-order chi connectivity index (χ1) is 17.7. The Kier molecular flexibility index (Phi) is 6.17. The van der Waals surface area contributed by atoms with E-state index in [4.69, 9.17) is 20.8 Å². The Hall–Kier alpha value is -4.23. The molecule has 1 atom stereocenters. The van der Waals surface area contributed by atoms with Crippen molar-refractivity contribution in [2.75, 3.05) is 12.0 Å². The van der Waals surface area contributed by atoms with Gasteiger partial charge in [-0.15, -0.1) is 0 Å². The number of Topliss-reactive ketones (excluding diaryl/α,β-unsaturated/α-hetero) is 1. The summed E-state index contributed by atoms with van der Waals surface area (Å²) in [4.78, 5) is 28.6. The first-order valence-electron chi connectivity index (χ1n) is 11.7. The molecular formula is C29H24ClNO6. The van der Waals surface area contributed by atoms with E-state index in [1.165, 1.54) is 30.2 Å². The highest BCUT2D eigenvalue weighted by molar-refractivity contribution is 6.31. The van der Waals surface area contributed by atoms with Crippen LogP contribution in [0.25, 0.3) is 11.0 Å². The van der Waals surface area contributed by atoms with E-state index in [-0.39, 0.29) is 17.1 Å². The molecule has 5 rings (SSSR count). The quantitative estimate of drug-likeness (QED) is 0.276. The third-order valence-corrected chi connectivity index (χ3v) is 6.71. The maximum absolute atomic E-state index is 13.8. The van der Waals surface area contributed by atoms with Crippen LogP contribution < -0.4 is 9.64 Å². The van der Waals surface area contributed by atoms with E-state index in [1.54, 1.807) is 36.4 Å². The van der Waals surface area contributed by atoms with Gasteiger partial charge in [-0.1, -0.05) is 49.7 Å². The molecule has 1 aliphatic rings. The molecule has 2 heterocycles. The minimum atomic E-state index is -0.954. The molecule has 0 saturated carbocycles. The lowest BCUT2D eigenvalue weighted by Crippen LogP contribution is -2.31. The second kappa shape index (κ2) is 9.33. The van der Waals surface area contributed by atoms with Crippen molar-refractivity contribution in [1.29, 1.82) is 0 Å². The van der Waals surface area contributed by atoms with E-state index in [0.29, 0.717) is 38.9 Å². The summed E-state index contributed by atoms with van der Waals surface area (Å²) in [5, 5.41) is 21.8. The van der Waals surface area contributed by atoms with Crippen LogP contribution in [0.5, 0.6) is 11.5 Å². The monoisotopic (exact) mass is 517 g/mol. The fourth-order valence-electron chi connectivity index (χ4n) is 4.58. The molecular weight excluding hydrogens is 494 g/mol. The number of amides is 1. The lowest BCUT2D eigenvalue weighted by molar-refractivity contribution is -0.117. The molecule has 0 aliphatic carbocycles. The van der Waals surface area contributed by atoms with Gasteiger partial charge in [-0.25, -0.2) is 0 Å². The summed E-state index contributed by atoms with van der Waals surface area (Å²) in [5.41, 5.74) is 2.32. The van der Waals surface area contributed by atoms with Gasteiger partial charge in [-0.05, 0) is 53.4 Å². The number of carbonyl (C=O) groups excluding carboxylic acids is 2. The van der Waals surface area contributed by atoms with Crippen molar-refractivity contribution in [3.63, 3.8) is 0 Å². The van der Waals surface area contributed by atoms with E-state index in [2.05, 4.69) is 13.8 Å². The molecule has 0 spiro atoms. The number of phenols is 1. The van der Waals surface area contributed by atoms with Gasteiger partial charge in [-0.2, -0.15) is 0 Å². The lowest BCUT2D eigenvalue weighted by atomic mass is 9.94. The van der Waals surface area contributed by atoms with Gasteiger partial charge < -0.3 is 19.4 Å². The molecule has 1 unspecified atom stereocenters. The van der Waals surface area contributed by atoms with Crippen LogP contribution in [0.3, 0.4) is 0 Å². The van der Waals surface area contributed by atoms with Crippen LogP contribution in [-0.2, 0) is 4.79 Å². The van der Waals surface area contributed by atoms with Crippen LogP contribution in [-0.4, -0.2) is 29.0 Å². The number of aliphatic hydroxyl groups is 1. The molecule has 0 fully saturated rings. The number of anilines is 1. The second-order valence-electron chi connectivity index (χ2n) is 9.14. The Morgan fingerprint density at radius 1 is 1.03 bits per heavy atom. The average molecular weight is 518 g/mol. The molecule has 4 aromatic rings. The molecule has 1 aliphatic heterocycles. The number of ketones is 1. The Labute approximate surface area is 218 Å². The maximum Gasteiger partial charge on any atom is 0.294 e. The minimum absolute atomic E-state index is 0.0308. The maximum atomic E-state index is 13.8. The number of aromatic hydroxyl groups is 1. The van der Waals surface area contributed by atoms with Gasteiger partial charge in [0.1, 0.15) is 5.75 Å². The Morgan fingerprint density at radius 2 is 1.70 bits per heavy atom. The Bertz CT molecular complexity index is 1550. The normalized spacial score (nSPS) is 15.8. The zero-order valence-electron chi connectivity index (χ0n) is 20.4. The van der Waals surface area contributed by atoms with Gasteiger partial charge in [0.2, 0.25) is 5.78 Å². The van der Waals surface area contributed by atoms with Gasteiger partial charge in [0.15, 0.2) is 22.9 Å². The number of hydrogen-bond donors (Lipinski definition) is 2. The molecule has 0 bridgehead atoms. The number of methoxy groups -OCH3 is 1. The number of fused-ring (bicyclic) bond motifs is 1. The standard InChI is InChI=1S/C29H24ClNO6/c1-15(2)16-4-8-20(9-5-16)31-25(17-6-10-21(32)11-7-17)24(27(34)29(31)35)26(33)22-13-18-12-19(30)14-23(36-3)28(18)37-22/h4-15,25,32,34H,1-3H3. The predicted molar refractivity (Wildman–Crippen MR) is 141 cm³/mol. The zero-order chi connectivity index (χ0) is 26.4. The minimum Gasteiger partial charge on any atom is -0.508 e. The van der Waals surface area contributed by atoms with Crippen molar-refractivity contribution in [2.24, 2.45) is 0 Å². The summed E-state index contributed by atoms with van der Waals surface area (Å²) in [5.74, 6) is -1.44. The van der Waals surface area contributed by atoms with E-state index >= 15 is 0 Å². The summed E-state index contributed by atoms with van der Waals surface area (Å²) in [6, 6.07) is 17.3. The number of rotatable bonds is 6. The fourth-order valence-corrected chi connectivity index (χ4v) is 4.79. The van der Waals surface area contributed by atoms with E-state index in [1.807, 2.05) is 12.1 Å². The smallest absolute Gasteiger partial charge is 0.294 e. The predicted octanol–water partition coefficient (Wildman–Crippen LogP) is 6.71. The van der Waals surface area contributed by atoms with E-state index in [9.17, 15) is 19.8 Å². The first kappa shape index (κ1) is 24.5. The molecule has 37 heavy (non-hydrogen) atoms. The van der Waals surface area contributed by atoms with Gasteiger partial charge in [0, 0.05) is 22.2 Å². The molecule has 0 saturated heterocycles. The largest absolute Gasteiger partial charge is 0.508 e. The number of ether oxygens (including phenoxy) is 1. The molecule has 3 aromatic carbocycles. The topological polar surface area (TPSA) is 100 Å². The Balaban J connectivity index is 1.64. The van der Waals surface area contributed by atoms with Crippen molar-refractivity contribution in [2.45, 2.75) is 25.8 Å². The summed E-state index contributed by atoms with van der Waals surface area (Å²) in [6.45, 7) is 4.13. The highest BCUT2D eigenvalue weighted by Crippen LogP contribution is 2.43. The highest BCUT2D eigenvalue weighted by atomic mass is 35.5. The van der Waals surface area contributed by atoms with E-state index in [0.717, 1.165) is 5.56 Å². The van der Waals surface area contributed by atoms with Crippen LogP contribution in [0.1, 0.15) is 47.5 Å². The number of carbonyl (C=O) groups is 2. The van der Waals surface area contributed by atoms with Gasteiger partial charge in [-0.3, -0.25) is 14.5 Å². The second-order valence-corrected chi connectivity index (χ2v) is 9.58. The number of hydrogen-bond acceptors (Lipinski definition) is 6. The van der Waals surface area contributed by atoms with Crippen LogP contribution in [0.15, 0.2) is 82.5 Å². The van der Waals surface area contributed by atoms with Crippen molar-refractivity contribution in [3.05, 3.63) is 100.0 Å². The third kappa shape index (κ3) is 4.21. The molecule has 1 aromatic heterocycles. The molecule has 7 nitrogen and oxygen atoms in total. The number of aliphatic hydroxyl groups excluding tert-OH is 1. The SMILES string of the molecule is COc1cc(Cl)cc2cc(C(=O)C3=C(O)C(=O)N(c4ccc(C(C)C)cc4)C3c3ccc(O)cc3)oc12. The number of furan rings is 1. The zero-order valence-corrected chi connectivity index (χ0v) is 21.1. The molecule has 1 amide bonds. The molecule has 8 heteroatoms. The van der Waals surface area contributed by atoms with Crippen molar-refractivity contribution in [3.8, 4) is 11.5 Å². The number of nitrogens with zero attached hydrogens (tertiary/aromatic N) is 1. The Morgan fingerprint density at radius 3 is 2.32 bits per heavy atom. The lowest BCUT2D eigenvalue weighted by Gasteiger charge is -2.27. The fraction of sp³-hybridized carbons (Fsp3) is 0.172. The van der Waals surface area contributed by atoms with Crippen molar-refractivity contribution < 1.29 is 29.0 Å². The van der Waals surface area contributed by atoms with Gasteiger partial charge in [0.05, 0.1) is 18.7 Å². The van der Waals surface area contributed by atoms with Crippen LogP contribution in [0.4, 0.5) is 5.69 Å². The van der Waals surface area contributed by atoms with E-state index < -0.39 is 23.5 Å². The number of benzene rings is 3. The molecule has 0 radical (unpaired) electrons. The summed E-state index contributed by atoms with van der Waals surface area (Å²) in [7, 11) is 1.46. The molecule has 188 valence electrons. The number of halogens is 1. The van der Waals surface area contributed by atoms with Crippen molar-refractivity contribution >= 4 is 39.9 Å². The summed E-state index contributed by atoms with van der Waals surface area (Å²) >= 11 is 6.17. The van der Waals surface area contributed by atoms with Gasteiger partial charge >= 0.3 is 0 Å². The summed E-state index contributed by atoms with van der Waals surface area (Å²) < 4.78 is 11.2. The van der Waals surface area contributed by atoms with Crippen molar-refractivity contribution in [1.82, 2.24) is 0 Å². The first-order valence-corrected chi connectivity index (χ1v) is 12.0. The number of phenolic OH excluding ortho intramolecular Hbond substituents is 1. The average Bonchev–Trinajstić information content (AvgIpc) is 3.42. The summed E-state index contributed by atoms with van der Waals surface area (Å²) in [6.07, 6.45) is 0. The van der Waals surface area contributed by atoms with Crippen LogP contribution >= 0.6 is 11.6 Å².